The highest BCUT2D eigenvalue weighted by Crippen LogP contribution is 2.24. The van der Waals surface area contributed by atoms with Crippen molar-refractivity contribution in [3.05, 3.63) is 18.1 Å². The summed E-state index contributed by atoms with van der Waals surface area (Å²) in [5.41, 5.74) is 8.87. The van der Waals surface area contributed by atoms with E-state index in [2.05, 4.69) is 26.1 Å². The molecule has 6 heteroatoms. The van der Waals surface area contributed by atoms with Crippen LogP contribution in [0.2, 0.25) is 0 Å². The molecule has 1 aliphatic heterocycles. The van der Waals surface area contributed by atoms with Gasteiger partial charge in [-0.25, -0.2) is 9.97 Å². The number of aromatic nitrogens is 3. The lowest BCUT2D eigenvalue weighted by atomic mass is 10.2. The van der Waals surface area contributed by atoms with Gasteiger partial charge < -0.3 is 10.7 Å². The van der Waals surface area contributed by atoms with Crippen molar-refractivity contribution < 1.29 is 0 Å². The van der Waals surface area contributed by atoms with Crippen molar-refractivity contribution in [3.8, 4) is 0 Å². The summed E-state index contributed by atoms with van der Waals surface area (Å²) >= 11 is 1.94. The van der Waals surface area contributed by atoms with E-state index in [1.807, 2.05) is 18.0 Å². The molecule has 3 rings (SSSR count). The van der Waals surface area contributed by atoms with Crippen molar-refractivity contribution in [1.82, 2.24) is 19.9 Å². The molecule has 2 aromatic heterocycles. The molecule has 0 unspecified atom stereocenters. The van der Waals surface area contributed by atoms with Crippen molar-refractivity contribution in [2.75, 3.05) is 30.8 Å². The molecule has 19 heavy (non-hydrogen) atoms. The maximum atomic E-state index is 5.84. The lowest BCUT2D eigenvalue weighted by molar-refractivity contribution is 0.322. The lowest BCUT2D eigenvalue weighted by Crippen LogP contribution is -2.20. The summed E-state index contributed by atoms with van der Waals surface area (Å²) in [5.74, 6) is 2.62. The number of fused-ring (bicyclic) bond motifs is 1. The lowest BCUT2D eigenvalue weighted by Gasteiger charge is -2.14. The molecule has 0 radical (unpaired) electrons. The fourth-order valence-electron chi connectivity index (χ4n) is 2.80. The number of likely N-dealkylation sites (tertiary alicyclic amines) is 1. The molecule has 0 amide bonds. The van der Waals surface area contributed by atoms with Gasteiger partial charge in [0.05, 0.1) is 5.52 Å². The van der Waals surface area contributed by atoms with Crippen LogP contribution in [0.4, 0.5) is 5.82 Å². The Morgan fingerprint density at radius 1 is 1.53 bits per heavy atom. The second kappa shape index (κ2) is 5.38. The fourth-order valence-corrected chi connectivity index (χ4v) is 3.55. The summed E-state index contributed by atoms with van der Waals surface area (Å²) in [6.07, 6.45) is 7.04. The van der Waals surface area contributed by atoms with Crippen LogP contribution >= 0.6 is 11.8 Å². The first kappa shape index (κ1) is 12.7. The normalized spacial score (nSPS) is 20.4. The zero-order valence-electron chi connectivity index (χ0n) is 11.1. The smallest absolute Gasteiger partial charge is 0.151 e. The molecule has 0 spiro atoms. The summed E-state index contributed by atoms with van der Waals surface area (Å²) in [4.78, 5) is 14.0. The number of rotatable bonds is 4. The molecule has 0 aromatic carbocycles. The molecule has 1 fully saturated rings. The maximum absolute atomic E-state index is 5.84. The second-order valence-corrected chi connectivity index (χ2v) is 6.05. The minimum Gasteiger partial charge on any atom is -0.382 e. The number of nitrogens with two attached hydrogens (primary N) is 1. The Balaban J connectivity index is 1.74. The molecular weight excluding hydrogens is 258 g/mol. The Kier molecular flexibility index (Phi) is 3.61. The summed E-state index contributed by atoms with van der Waals surface area (Å²) in [7, 11) is 0. The Morgan fingerprint density at radius 2 is 2.42 bits per heavy atom. The highest BCUT2D eigenvalue weighted by molar-refractivity contribution is 7.98. The number of anilines is 1. The van der Waals surface area contributed by atoms with E-state index in [1.165, 1.54) is 37.2 Å². The van der Waals surface area contributed by atoms with Crippen LogP contribution in [0.15, 0.2) is 12.5 Å². The molecular formula is C13H19N5S. The Morgan fingerprint density at radius 3 is 3.26 bits per heavy atom. The Hall–Kier alpha value is -1.27. The van der Waals surface area contributed by atoms with Crippen LogP contribution in [0.5, 0.6) is 0 Å². The van der Waals surface area contributed by atoms with Crippen LogP contribution in [0.1, 0.15) is 12.0 Å². The Bertz CT molecular complexity index is 567. The van der Waals surface area contributed by atoms with Gasteiger partial charge in [-0.1, -0.05) is 0 Å². The molecule has 0 bridgehead atoms. The predicted molar refractivity (Wildman–Crippen MR) is 80.1 cm³/mol. The van der Waals surface area contributed by atoms with E-state index < -0.39 is 0 Å². The van der Waals surface area contributed by atoms with Crippen molar-refractivity contribution >= 4 is 28.6 Å². The third-order valence-electron chi connectivity index (χ3n) is 3.74. The minimum absolute atomic E-state index is 0.526. The van der Waals surface area contributed by atoms with Crippen LogP contribution in [0.25, 0.3) is 11.0 Å². The van der Waals surface area contributed by atoms with Crippen molar-refractivity contribution in [1.29, 1.82) is 0 Å². The number of nitrogen functional groups attached to an aromatic ring is 1. The number of nitrogens with zero attached hydrogens (tertiary/aromatic N) is 3. The summed E-state index contributed by atoms with van der Waals surface area (Å²) < 4.78 is 0. The van der Waals surface area contributed by atoms with E-state index in [9.17, 15) is 0 Å². The highest BCUT2D eigenvalue weighted by atomic mass is 32.2. The molecule has 3 heterocycles. The van der Waals surface area contributed by atoms with Crippen LogP contribution in [-0.4, -0.2) is 44.9 Å². The number of hydrogen-bond donors (Lipinski definition) is 2. The van der Waals surface area contributed by atoms with E-state index >= 15 is 0 Å². The average molecular weight is 277 g/mol. The molecule has 3 N–H and O–H groups in total. The topological polar surface area (TPSA) is 70.8 Å². The van der Waals surface area contributed by atoms with Gasteiger partial charge in [-0.2, -0.15) is 11.8 Å². The van der Waals surface area contributed by atoms with Crippen LogP contribution in [-0.2, 0) is 6.54 Å². The quantitative estimate of drug-likeness (QED) is 0.890. The van der Waals surface area contributed by atoms with Gasteiger partial charge >= 0.3 is 0 Å². The minimum atomic E-state index is 0.526. The largest absolute Gasteiger partial charge is 0.382 e. The SMILES string of the molecule is CSC[C@@H]1CCN(Cc2c[nH]c3c(N)ncnc23)C1. The molecule has 5 nitrogen and oxygen atoms in total. The average Bonchev–Trinajstić information content (AvgIpc) is 3.00. The molecule has 0 saturated carbocycles. The van der Waals surface area contributed by atoms with Gasteiger partial charge in [0, 0.05) is 24.8 Å². The third kappa shape index (κ3) is 2.55. The summed E-state index contributed by atoms with van der Waals surface area (Å²) in [6, 6.07) is 0. The predicted octanol–water partition coefficient (Wildman–Crippen LogP) is 1.72. The van der Waals surface area contributed by atoms with Gasteiger partial charge in [-0.15, -0.1) is 0 Å². The van der Waals surface area contributed by atoms with Gasteiger partial charge in [0.1, 0.15) is 11.8 Å². The number of thioether (sulfide) groups is 1. The summed E-state index contributed by atoms with van der Waals surface area (Å²) in [6.45, 7) is 3.31. The standard InChI is InChI=1S/C13H19N5S/c1-19-7-9-2-3-18(5-9)6-10-4-15-12-11(10)16-8-17-13(12)14/h4,8-9,15H,2-3,5-7H2,1H3,(H2,14,16,17)/t9-/m1/s1. The second-order valence-electron chi connectivity index (χ2n) is 5.14. The van der Waals surface area contributed by atoms with Crippen LogP contribution < -0.4 is 5.73 Å². The monoisotopic (exact) mass is 277 g/mol. The van der Waals surface area contributed by atoms with Crippen molar-refractivity contribution in [2.45, 2.75) is 13.0 Å². The zero-order chi connectivity index (χ0) is 13.2. The molecule has 1 saturated heterocycles. The first-order valence-corrected chi connectivity index (χ1v) is 7.95. The third-order valence-corrected chi connectivity index (χ3v) is 4.54. The van der Waals surface area contributed by atoms with Gasteiger partial charge in [-0.05, 0) is 30.9 Å². The van der Waals surface area contributed by atoms with E-state index in [1.54, 1.807) is 0 Å². The number of hydrogen-bond acceptors (Lipinski definition) is 5. The molecule has 2 aromatic rings. The molecule has 0 aliphatic carbocycles. The molecule has 1 aliphatic rings. The summed E-state index contributed by atoms with van der Waals surface area (Å²) in [5, 5.41) is 0. The van der Waals surface area contributed by atoms with E-state index in [0.717, 1.165) is 23.5 Å². The van der Waals surface area contributed by atoms with Gasteiger partial charge in [0.25, 0.3) is 0 Å². The first-order valence-electron chi connectivity index (χ1n) is 6.55. The van der Waals surface area contributed by atoms with E-state index in [4.69, 9.17) is 5.73 Å². The zero-order valence-corrected chi connectivity index (χ0v) is 11.9. The highest BCUT2D eigenvalue weighted by Gasteiger charge is 2.23. The molecule has 1 atom stereocenters. The van der Waals surface area contributed by atoms with E-state index in [-0.39, 0.29) is 0 Å². The fraction of sp³-hybridized carbons (Fsp3) is 0.538. The first-order chi connectivity index (χ1) is 9.28. The number of nitrogens with one attached hydrogen (secondary N) is 1. The Labute approximate surface area is 117 Å². The van der Waals surface area contributed by atoms with Crippen molar-refractivity contribution in [2.24, 2.45) is 5.92 Å². The maximum Gasteiger partial charge on any atom is 0.151 e. The molecule has 102 valence electrons. The van der Waals surface area contributed by atoms with Gasteiger partial charge in [-0.3, -0.25) is 4.90 Å². The van der Waals surface area contributed by atoms with Crippen LogP contribution in [0.3, 0.4) is 0 Å². The number of H-pyrrole nitrogens is 1. The van der Waals surface area contributed by atoms with E-state index in [0.29, 0.717) is 5.82 Å². The van der Waals surface area contributed by atoms with Gasteiger partial charge in [0.15, 0.2) is 5.82 Å². The van der Waals surface area contributed by atoms with Crippen LogP contribution in [0, 0.1) is 5.92 Å². The van der Waals surface area contributed by atoms with Gasteiger partial charge in [0.2, 0.25) is 0 Å². The number of aromatic amines is 1. The van der Waals surface area contributed by atoms with Crippen molar-refractivity contribution in [3.63, 3.8) is 0 Å².